The predicted molar refractivity (Wildman–Crippen MR) is 95.6 cm³/mol. The molecule has 1 aliphatic rings. The minimum atomic E-state index is -0.416. The number of hydrogen-bond acceptors (Lipinski definition) is 4. The van der Waals surface area contributed by atoms with Crippen molar-refractivity contribution in [3.63, 3.8) is 0 Å². The third-order valence-electron chi connectivity index (χ3n) is 3.94. The first kappa shape index (κ1) is 19.6. The van der Waals surface area contributed by atoms with E-state index in [2.05, 4.69) is 18.5 Å². The Morgan fingerprint density at radius 2 is 2.09 bits per heavy atom. The maximum absolute atomic E-state index is 12.2. The lowest BCUT2D eigenvalue weighted by Gasteiger charge is -2.41. The summed E-state index contributed by atoms with van der Waals surface area (Å²) in [6.45, 7) is 11.7. The molecule has 0 saturated carbocycles. The lowest BCUT2D eigenvalue weighted by atomic mass is 9.82. The molecule has 130 valence electrons. The minimum absolute atomic E-state index is 0.161. The third kappa shape index (κ3) is 7.73. The fourth-order valence-electron chi connectivity index (χ4n) is 2.83. The number of hydrogen-bond donors (Lipinski definition) is 1. The van der Waals surface area contributed by atoms with E-state index >= 15 is 0 Å². The van der Waals surface area contributed by atoms with Gasteiger partial charge in [-0.05, 0) is 70.4 Å². The van der Waals surface area contributed by atoms with Crippen molar-refractivity contribution in [1.82, 2.24) is 10.2 Å². The van der Waals surface area contributed by atoms with Crippen LogP contribution in [-0.4, -0.2) is 54.8 Å². The highest BCUT2D eigenvalue weighted by Crippen LogP contribution is 2.29. The zero-order valence-electron chi connectivity index (χ0n) is 15.0. The van der Waals surface area contributed by atoms with Crippen molar-refractivity contribution >= 4 is 17.9 Å². The number of piperidine rings is 1. The Kier molecular flexibility index (Phi) is 8.04. The summed E-state index contributed by atoms with van der Waals surface area (Å²) >= 11 is 1.91. The maximum Gasteiger partial charge on any atom is 0.410 e. The molecule has 5 heteroatoms. The van der Waals surface area contributed by atoms with Gasteiger partial charge in [-0.1, -0.05) is 6.92 Å². The molecular weight excluding hydrogens is 296 g/mol. The molecule has 0 spiro atoms. The van der Waals surface area contributed by atoms with Crippen molar-refractivity contribution in [2.24, 2.45) is 5.41 Å². The van der Waals surface area contributed by atoms with Crippen LogP contribution in [0.1, 0.15) is 53.4 Å². The summed E-state index contributed by atoms with van der Waals surface area (Å²) in [6, 6.07) is 0. The van der Waals surface area contributed by atoms with Gasteiger partial charge in [0.1, 0.15) is 5.60 Å². The van der Waals surface area contributed by atoms with Crippen molar-refractivity contribution < 1.29 is 9.53 Å². The van der Waals surface area contributed by atoms with Crippen LogP contribution in [0, 0.1) is 5.41 Å². The summed E-state index contributed by atoms with van der Waals surface area (Å²) in [4.78, 5) is 14.1. The van der Waals surface area contributed by atoms with E-state index in [0.717, 1.165) is 32.6 Å². The molecule has 1 heterocycles. The van der Waals surface area contributed by atoms with E-state index in [0.29, 0.717) is 0 Å². The van der Waals surface area contributed by atoms with E-state index in [1.807, 2.05) is 37.4 Å². The number of nitrogens with one attached hydrogen (secondary N) is 1. The molecule has 0 aliphatic carbocycles. The van der Waals surface area contributed by atoms with E-state index in [-0.39, 0.29) is 11.5 Å². The van der Waals surface area contributed by atoms with E-state index in [1.54, 1.807) is 0 Å². The maximum atomic E-state index is 12.2. The summed E-state index contributed by atoms with van der Waals surface area (Å²) in [5, 5.41) is 3.57. The van der Waals surface area contributed by atoms with Gasteiger partial charge in [0.25, 0.3) is 0 Å². The molecule has 0 aromatic rings. The molecule has 0 radical (unpaired) electrons. The molecule has 0 aromatic carbocycles. The largest absolute Gasteiger partial charge is 0.444 e. The Hall–Kier alpha value is -0.420. The Morgan fingerprint density at radius 1 is 1.36 bits per heavy atom. The Balaban J connectivity index is 2.35. The van der Waals surface area contributed by atoms with Crippen molar-refractivity contribution in [3.05, 3.63) is 0 Å². The molecule has 1 atom stereocenters. The van der Waals surface area contributed by atoms with Crippen LogP contribution in [0.5, 0.6) is 0 Å². The van der Waals surface area contributed by atoms with Gasteiger partial charge in [0, 0.05) is 19.6 Å². The lowest BCUT2D eigenvalue weighted by molar-refractivity contribution is 0.00682. The van der Waals surface area contributed by atoms with Crippen LogP contribution in [0.25, 0.3) is 0 Å². The van der Waals surface area contributed by atoms with E-state index in [4.69, 9.17) is 4.74 Å². The number of carbonyl (C=O) groups is 1. The van der Waals surface area contributed by atoms with E-state index in [9.17, 15) is 4.79 Å². The summed E-state index contributed by atoms with van der Waals surface area (Å²) in [6.07, 6.45) is 6.72. The van der Waals surface area contributed by atoms with Crippen LogP contribution in [0.2, 0.25) is 0 Å². The predicted octanol–water partition coefficient (Wildman–Crippen LogP) is 3.76. The first-order valence-electron chi connectivity index (χ1n) is 8.43. The van der Waals surface area contributed by atoms with Crippen molar-refractivity contribution in [2.45, 2.75) is 59.0 Å². The van der Waals surface area contributed by atoms with Crippen LogP contribution < -0.4 is 5.32 Å². The van der Waals surface area contributed by atoms with Gasteiger partial charge in [0.05, 0.1) is 0 Å². The Morgan fingerprint density at radius 3 is 2.73 bits per heavy atom. The number of ether oxygens (including phenoxy) is 1. The summed E-state index contributed by atoms with van der Waals surface area (Å²) in [5.41, 5.74) is -0.255. The normalized spacial score (nSPS) is 22.7. The van der Waals surface area contributed by atoms with Gasteiger partial charge in [-0.3, -0.25) is 0 Å². The number of likely N-dealkylation sites (tertiary alicyclic amines) is 1. The zero-order chi connectivity index (χ0) is 16.6. The average molecular weight is 331 g/mol. The number of unbranched alkanes of at least 4 members (excludes halogenated alkanes) is 1. The van der Waals surface area contributed by atoms with E-state index < -0.39 is 5.60 Å². The number of rotatable bonds is 7. The van der Waals surface area contributed by atoms with Gasteiger partial charge in [0.2, 0.25) is 0 Å². The molecule has 1 rings (SSSR count). The molecule has 1 unspecified atom stereocenters. The van der Waals surface area contributed by atoms with Crippen LogP contribution in [0.3, 0.4) is 0 Å². The summed E-state index contributed by atoms with van der Waals surface area (Å²) < 4.78 is 5.50. The highest BCUT2D eigenvalue weighted by atomic mass is 32.2. The van der Waals surface area contributed by atoms with Crippen LogP contribution in [0.4, 0.5) is 4.79 Å². The van der Waals surface area contributed by atoms with Crippen LogP contribution >= 0.6 is 11.8 Å². The Bertz CT molecular complexity index is 344. The molecule has 1 saturated heterocycles. The molecule has 22 heavy (non-hydrogen) atoms. The first-order chi connectivity index (χ1) is 10.3. The number of carbonyl (C=O) groups excluding carboxylic acids is 1. The fraction of sp³-hybridized carbons (Fsp3) is 0.941. The summed E-state index contributed by atoms with van der Waals surface area (Å²) in [7, 11) is 0. The average Bonchev–Trinajstić information content (AvgIpc) is 2.41. The third-order valence-corrected chi connectivity index (χ3v) is 4.63. The number of nitrogens with zero attached hydrogens (tertiary/aromatic N) is 1. The molecule has 1 N–H and O–H groups in total. The molecular formula is C17H34N2O2S. The molecule has 0 aromatic heterocycles. The first-order valence-corrected chi connectivity index (χ1v) is 9.83. The van der Waals surface area contributed by atoms with Gasteiger partial charge in [-0.25, -0.2) is 4.79 Å². The second-order valence-electron chi connectivity index (χ2n) is 7.69. The number of amides is 1. The quantitative estimate of drug-likeness (QED) is 0.722. The van der Waals surface area contributed by atoms with Gasteiger partial charge in [0.15, 0.2) is 0 Å². The van der Waals surface area contributed by atoms with Crippen LogP contribution in [-0.2, 0) is 4.74 Å². The van der Waals surface area contributed by atoms with E-state index in [1.165, 1.54) is 25.0 Å². The lowest BCUT2D eigenvalue weighted by Crippen LogP contribution is -2.50. The molecule has 1 amide bonds. The molecule has 0 bridgehead atoms. The van der Waals surface area contributed by atoms with Crippen molar-refractivity contribution in [2.75, 3.05) is 38.2 Å². The minimum Gasteiger partial charge on any atom is -0.444 e. The summed E-state index contributed by atoms with van der Waals surface area (Å²) in [5.74, 6) is 1.24. The second kappa shape index (κ2) is 9.02. The van der Waals surface area contributed by atoms with Crippen molar-refractivity contribution in [3.8, 4) is 0 Å². The molecule has 4 nitrogen and oxygen atoms in total. The van der Waals surface area contributed by atoms with Gasteiger partial charge < -0.3 is 15.0 Å². The number of thioether (sulfide) groups is 1. The monoisotopic (exact) mass is 330 g/mol. The van der Waals surface area contributed by atoms with Gasteiger partial charge in [-0.15, -0.1) is 0 Å². The molecule has 1 fully saturated rings. The van der Waals surface area contributed by atoms with Crippen LogP contribution in [0.15, 0.2) is 0 Å². The van der Waals surface area contributed by atoms with Crippen molar-refractivity contribution in [1.29, 1.82) is 0 Å². The zero-order valence-corrected chi connectivity index (χ0v) is 15.9. The van der Waals surface area contributed by atoms with Gasteiger partial charge in [-0.2, -0.15) is 11.8 Å². The molecule has 1 aliphatic heterocycles. The Labute approximate surface area is 140 Å². The second-order valence-corrected chi connectivity index (χ2v) is 8.68. The standard InChI is InChI=1S/C17H34N2O2S/c1-16(2,3)21-15(20)19-11-8-9-17(4,14-19)13-18-10-6-7-12-22-5/h18H,6-14H2,1-5H3. The SMILES string of the molecule is CSCCCCNCC1(C)CCCN(C(=O)OC(C)(C)C)C1. The smallest absolute Gasteiger partial charge is 0.410 e. The topological polar surface area (TPSA) is 41.6 Å². The highest BCUT2D eigenvalue weighted by Gasteiger charge is 2.34. The van der Waals surface area contributed by atoms with Gasteiger partial charge >= 0.3 is 6.09 Å². The highest BCUT2D eigenvalue weighted by molar-refractivity contribution is 7.98. The fourth-order valence-corrected chi connectivity index (χ4v) is 3.32.